The minimum Gasteiger partial charge on any atom is -0.463 e. The van der Waals surface area contributed by atoms with Crippen molar-refractivity contribution < 1.29 is 32.3 Å². The molecule has 2 aliphatic heterocycles. The van der Waals surface area contributed by atoms with E-state index in [-0.39, 0.29) is 23.7 Å². The molecule has 38 heavy (non-hydrogen) atoms. The number of ether oxygens (including phenoxy) is 2. The van der Waals surface area contributed by atoms with Gasteiger partial charge in [0.05, 0.1) is 24.8 Å². The molecule has 1 fully saturated rings. The van der Waals surface area contributed by atoms with Crippen molar-refractivity contribution in [3.8, 4) is 0 Å². The predicted molar refractivity (Wildman–Crippen MR) is 140 cm³/mol. The largest absolute Gasteiger partial charge is 0.463 e. The Kier molecular flexibility index (Phi) is 9.29. The van der Waals surface area contributed by atoms with E-state index in [4.69, 9.17) is 37.5 Å². The lowest BCUT2D eigenvalue weighted by Gasteiger charge is -2.32. The molecule has 0 aliphatic carbocycles. The maximum atomic E-state index is 13.1. The molecule has 4 rings (SSSR count). The van der Waals surface area contributed by atoms with Gasteiger partial charge in [0.1, 0.15) is 0 Å². The molecular weight excluding hydrogens is 557 g/mol. The van der Waals surface area contributed by atoms with Crippen molar-refractivity contribution in [2.45, 2.75) is 45.1 Å². The van der Waals surface area contributed by atoms with Gasteiger partial charge in [0.2, 0.25) is 0 Å². The van der Waals surface area contributed by atoms with Crippen LogP contribution in [0.1, 0.15) is 53.7 Å². The Morgan fingerprint density at radius 1 is 1.16 bits per heavy atom. The summed E-state index contributed by atoms with van der Waals surface area (Å²) in [7, 11) is -4.08. The van der Waals surface area contributed by atoms with E-state index in [0.717, 1.165) is 17.1 Å². The summed E-state index contributed by atoms with van der Waals surface area (Å²) in [5, 5.41) is 0.563. The van der Waals surface area contributed by atoms with Crippen LogP contribution in [0.3, 0.4) is 0 Å². The quantitative estimate of drug-likeness (QED) is 0.355. The molecule has 0 saturated carbocycles. The highest BCUT2D eigenvalue weighted by atomic mass is 35.5. The molecule has 10 nitrogen and oxygen atoms in total. The number of rotatable bonds is 8. The lowest BCUT2D eigenvalue weighted by molar-refractivity contribution is -0.186. The number of carbonyl (C=O) groups is 2. The topological polar surface area (TPSA) is 123 Å². The number of hydrogen-bond acceptors (Lipinski definition) is 7. The number of carbonyl (C=O) groups excluding carboxylic acids is 2. The Bertz CT molecular complexity index is 1310. The van der Waals surface area contributed by atoms with Gasteiger partial charge in [-0.2, -0.15) is 13.1 Å². The van der Waals surface area contributed by atoms with E-state index in [2.05, 4.69) is 10.2 Å². The molecule has 2 heterocycles. The lowest BCUT2D eigenvalue weighted by atomic mass is 10.00. The van der Waals surface area contributed by atoms with Gasteiger partial charge in [0, 0.05) is 34.8 Å². The highest BCUT2D eigenvalue weighted by molar-refractivity contribution is 7.87. The normalized spacial score (nSPS) is 20.9. The molecule has 2 atom stereocenters. The molecule has 0 bridgehead atoms. The zero-order chi connectivity index (χ0) is 27.3. The maximum Gasteiger partial charge on any atom is 0.337 e. The fourth-order valence-electron chi connectivity index (χ4n) is 3.99. The van der Waals surface area contributed by atoms with E-state index in [0.29, 0.717) is 34.7 Å². The molecule has 2 aliphatic rings. The predicted octanol–water partition coefficient (Wildman–Crippen LogP) is 4.02. The summed E-state index contributed by atoms with van der Waals surface area (Å²) in [6.45, 7) is 2.24. The third-order valence-corrected chi connectivity index (χ3v) is 7.88. The number of benzene rings is 2. The maximum absolute atomic E-state index is 13.1. The van der Waals surface area contributed by atoms with Crippen molar-refractivity contribution in [3.63, 3.8) is 0 Å². The molecule has 0 spiro atoms. The van der Waals surface area contributed by atoms with Crippen LogP contribution in [0.4, 0.5) is 0 Å². The summed E-state index contributed by atoms with van der Waals surface area (Å²) in [6.07, 6.45) is 3.38. The van der Waals surface area contributed by atoms with Crippen LogP contribution in [-0.4, -0.2) is 44.1 Å². The SMILES string of the molecule is CCOC(=O)C1=CN(Cc2ccc(C(=O)NOC3CCCCO3)cc2)S(=O)(=O)NC1c1ccc(Cl)cc1Cl. The molecule has 1 saturated heterocycles. The second-order valence-electron chi connectivity index (χ2n) is 8.61. The Morgan fingerprint density at radius 3 is 2.58 bits per heavy atom. The molecule has 2 unspecified atom stereocenters. The number of amides is 1. The first-order valence-corrected chi connectivity index (χ1v) is 14.2. The minimum atomic E-state index is -4.08. The Balaban J connectivity index is 1.52. The summed E-state index contributed by atoms with van der Waals surface area (Å²) in [5.74, 6) is -1.14. The number of hydrogen-bond donors (Lipinski definition) is 2. The molecule has 2 aromatic rings. The number of esters is 1. The third kappa shape index (κ3) is 6.85. The van der Waals surface area contributed by atoms with E-state index in [1.807, 2.05) is 0 Å². The first-order chi connectivity index (χ1) is 18.2. The van der Waals surface area contributed by atoms with Gasteiger partial charge >= 0.3 is 16.2 Å². The summed E-state index contributed by atoms with van der Waals surface area (Å²) >= 11 is 12.3. The lowest BCUT2D eigenvalue weighted by Crippen LogP contribution is -2.45. The number of hydroxylamine groups is 1. The molecular formula is C25H27Cl2N3O7S. The van der Waals surface area contributed by atoms with Crippen molar-refractivity contribution in [2.75, 3.05) is 13.2 Å². The van der Waals surface area contributed by atoms with Crippen molar-refractivity contribution in [2.24, 2.45) is 0 Å². The van der Waals surface area contributed by atoms with Gasteiger partial charge in [0.25, 0.3) is 5.91 Å². The average molecular weight is 584 g/mol. The fraction of sp³-hybridized carbons (Fsp3) is 0.360. The van der Waals surface area contributed by atoms with Crippen molar-refractivity contribution in [1.82, 2.24) is 14.5 Å². The van der Waals surface area contributed by atoms with Crippen LogP contribution in [0, 0.1) is 0 Å². The first-order valence-electron chi connectivity index (χ1n) is 12.0. The Hall–Kier alpha value is -2.67. The smallest absolute Gasteiger partial charge is 0.337 e. The first kappa shape index (κ1) is 28.3. The molecule has 13 heteroatoms. The summed E-state index contributed by atoms with van der Waals surface area (Å²) < 4.78 is 40.4. The fourth-order valence-corrected chi connectivity index (χ4v) is 5.76. The van der Waals surface area contributed by atoms with Gasteiger partial charge in [-0.15, -0.1) is 0 Å². The van der Waals surface area contributed by atoms with Crippen molar-refractivity contribution >= 4 is 45.3 Å². The third-order valence-electron chi connectivity index (χ3n) is 5.93. The van der Waals surface area contributed by atoms with E-state index in [1.165, 1.54) is 12.3 Å². The highest BCUT2D eigenvalue weighted by Crippen LogP contribution is 2.35. The van der Waals surface area contributed by atoms with Gasteiger partial charge in [-0.25, -0.2) is 15.1 Å². The van der Waals surface area contributed by atoms with Crippen molar-refractivity contribution in [1.29, 1.82) is 0 Å². The number of nitrogens with zero attached hydrogens (tertiary/aromatic N) is 1. The van der Waals surface area contributed by atoms with Crippen LogP contribution in [0.5, 0.6) is 0 Å². The molecule has 2 N–H and O–H groups in total. The van der Waals surface area contributed by atoms with Crippen LogP contribution in [0.2, 0.25) is 10.0 Å². The van der Waals surface area contributed by atoms with E-state index >= 15 is 0 Å². The Morgan fingerprint density at radius 2 is 1.92 bits per heavy atom. The zero-order valence-corrected chi connectivity index (χ0v) is 22.8. The molecule has 204 valence electrons. The zero-order valence-electron chi connectivity index (χ0n) is 20.5. The summed E-state index contributed by atoms with van der Waals surface area (Å²) in [5.41, 5.74) is 3.69. The Labute approximate surface area is 231 Å². The average Bonchev–Trinajstić information content (AvgIpc) is 2.89. The molecule has 0 radical (unpaired) electrons. The van der Waals surface area contributed by atoms with Gasteiger partial charge in [-0.05, 0) is 55.2 Å². The van der Waals surface area contributed by atoms with E-state index in [1.54, 1.807) is 43.3 Å². The monoisotopic (exact) mass is 583 g/mol. The second kappa shape index (κ2) is 12.5. The standard InChI is InChI=1S/C25H27Cl2N3O7S/c1-2-35-25(32)20-15-30(38(33,34)29-23(20)19-11-10-18(26)13-21(19)27)14-16-6-8-17(9-7-16)24(31)28-37-22-5-3-4-12-36-22/h6-11,13,15,22-23,29H,2-5,12,14H2,1H3,(H,28,31). The molecule has 2 aromatic carbocycles. The van der Waals surface area contributed by atoms with Gasteiger partial charge in [-0.3, -0.25) is 9.10 Å². The summed E-state index contributed by atoms with van der Waals surface area (Å²) in [6, 6.07) is 9.82. The second-order valence-corrected chi connectivity index (χ2v) is 11.1. The van der Waals surface area contributed by atoms with Gasteiger partial charge in [-0.1, -0.05) is 41.4 Å². The number of nitrogens with one attached hydrogen (secondary N) is 2. The molecule has 1 amide bonds. The molecule has 0 aromatic heterocycles. The number of halogens is 2. The van der Waals surface area contributed by atoms with E-state index < -0.39 is 34.4 Å². The van der Waals surface area contributed by atoms with Crippen LogP contribution in [-0.2, 0) is 35.9 Å². The van der Waals surface area contributed by atoms with Crippen molar-refractivity contribution in [3.05, 3.63) is 81.0 Å². The van der Waals surface area contributed by atoms with Gasteiger partial charge < -0.3 is 9.47 Å². The van der Waals surface area contributed by atoms with Crippen LogP contribution in [0.15, 0.2) is 54.2 Å². The van der Waals surface area contributed by atoms with E-state index in [9.17, 15) is 18.0 Å². The van der Waals surface area contributed by atoms with Crippen LogP contribution < -0.4 is 10.2 Å². The minimum absolute atomic E-state index is 0.0592. The summed E-state index contributed by atoms with van der Waals surface area (Å²) in [4.78, 5) is 30.5. The van der Waals surface area contributed by atoms with Gasteiger partial charge in [0.15, 0.2) is 6.29 Å². The highest BCUT2D eigenvalue weighted by Gasteiger charge is 2.37. The van der Waals surface area contributed by atoms with Crippen LogP contribution in [0.25, 0.3) is 0 Å². The van der Waals surface area contributed by atoms with Crippen LogP contribution >= 0.6 is 23.2 Å².